The molecule has 2 aliphatic rings. The number of rotatable bonds is 3. The van der Waals surface area contributed by atoms with Gasteiger partial charge in [-0.25, -0.2) is 9.78 Å². The standard InChI is InChI=1S/C17H22N6O2S/c1-3-13-15(18-2)26-23(16(13)24)17(25)21-11-12-4-5-14(20-10-12)22-8-6-19-7-9-22/h3-5,10,19H,6-9,11H2,1-2H3,(H,21,25)/b13-3+,18-15+. The maximum Gasteiger partial charge on any atom is 0.335 e. The van der Waals surface area contributed by atoms with E-state index in [1.807, 2.05) is 12.1 Å². The average Bonchev–Trinajstić information content (AvgIpc) is 3.02. The maximum atomic E-state index is 12.3. The van der Waals surface area contributed by atoms with Crippen LogP contribution in [0.5, 0.6) is 0 Å². The lowest BCUT2D eigenvalue weighted by Crippen LogP contribution is -2.43. The van der Waals surface area contributed by atoms with E-state index < -0.39 is 6.03 Å². The Morgan fingerprint density at radius 3 is 2.77 bits per heavy atom. The predicted molar refractivity (Wildman–Crippen MR) is 103 cm³/mol. The number of pyridine rings is 1. The van der Waals surface area contributed by atoms with Gasteiger partial charge in [-0.3, -0.25) is 9.79 Å². The molecule has 2 aliphatic heterocycles. The number of aromatic nitrogens is 1. The van der Waals surface area contributed by atoms with Gasteiger partial charge in [0.1, 0.15) is 10.9 Å². The zero-order valence-corrected chi connectivity index (χ0v) is 15.7. The highest BCUT2D eigenvalue weighted by molar-refractivity contribution is 8.14. The normalized spacial score (nSPS) is 20.9. The van der Waals surface area contributed by atoms with Crippen molar-refractivity contribution >= 4 is 34.7 Å². The molecule has 1 aromatic rings. The number of anilines is 1. The molecule has 0 unspecified atom stereocenters. The highest BCUT2D eigenvalue weighted by Gasteiger charge is 2.36. The molecule has 0 aliphatic carbocycles. The van der Waals surface area contributed by atoms with Gasteiger partial charge in [-0.15, -0.1) is 0 Å². The molecule has 0 saturated carbocycles. The number of urea groups is 1. The van der Waals surface area contributed by atoms with Gasteiger partial charge < -0.3 is 15.5 Å². The first-order valence-electron chi connectivity index (χ1n) is 8.48. The lowest BCUT2D eigenvalue weighted by atomic mass is 10.2. The van der Waals surface area contributed by atoms with Crippen LogP contribution in [0.25, 0.3) is 0 Å². The molecule has 2 saturated heterocycles. The molecule has 3 amide bonds. The van der Waals surface area contributed by atoms with E-state index in [1.165, 1.54) is 0 Å². The van der Waals surface area contributed by atoms with Crippen LogP contribution in [0.1, 0.15) is 12.5 Å². The summed E-state index contributed by atoms with van der Waals surface area (Å²) < 4.78 is 1.10. The molecule has 0 bridgehead atoms. The van der Waals surface area contributed by atoms with E-state index in [1.54, 1.807) is 26.2 Å². The van der Waals surface area contributed by atoms with Gasteiger partial charge in [0, 0.05) is 57.9 Å². The predicted octanol–water partition coefficient (Wildman–Crippen LogP) is 1.17. The number of carbonyl (C=O) groups is 2. The van der Waals surface area contributed by atoms with Crippen molar-refractivity contribution in [1.82, 2.24) is 19.9 Å². The zero-order chi connectivity index (χ0) is 18.5. The van der Waals surface area contributed by atoms with Crippen molar-refractivity contribution in [3.8, 4) is 0 Å². The Morgan fingerprint density at radius 2 is 2.19 bits per heavy atom. The molecule has 3 heterocycles. The molecule has 138 valence electrons. The van der Waals surface area contributed by atoms with Crippen molar-refractivity contribution in [2.75, 3.05) is 38.1 Å². The van der Waals surface area contributed by atoms with Crippen LogP contribution >= 0.6 is 11.9 Å². The Bertz CT molecular complexity index is 740. The molecule has 26 heavy (non-hydrogen) atoms. The number of aliphatic imine (C=N–C) groups is 1. The number of nitrogens with one attached hydrogen (secondary N) is 2. The molecule has 2 fully saturated rings. The topological polar surface area (TPSA) is 89.9 Å². The summed E-state index contributed by atoms with van der Waals surface area (Å²) in [5.74, 6) is 0.594. The fraction of sp³-hybridized carbons (Fsp3) is 0.412. The van der Waals surface area contributed by atoms with Gasteiger partial charge in [0.25, 0.3) is 5.91 Å². The smallest absolute Gasteiger partial charge is 0.335 e. The zero-order valence-electron chi connectivity index (χ0n) is 14.9. The van der Waals surface area contributed by atoms with Crippen molar-refractivity contribution in [2.45, 2.75) is 13.5 Å². The largest absolute Gasteiger partial charge is 0.354 e. The molecule has 9 heteroatoms. The molecule has 0 aromatic carbocycles. The first-order chi connectivity index (χ1) is 12.6. The van der Waals surface area contributed by atoms with Crippen molar-refractivity contribution < 1.29 is 9.59 Å². The number of allylic oxidation sites excluding steroid dienone is 1. The van der Waals surface area contributed by atoms with Crippen molar-refractivity contribution in [3.05, 3.63) is 35.5 Å². The van der Waals surface area contributed by atoms with E-state index in [4.69, 9.17) is 0 Å². The number of piperazine rings is 1. The van der Waals surface area contributed by atoms with Crippen LogP contribution < -0.4 is 15.5 Å². The van der Waals surface area contributed by atoms with Crippen molar-refractivity contribution in [2.24, 2.45) is 4.99 Å². The van der Waals surface area contributed by atoms with E-state index in [0.29, 0.717) is 17.2 Å². The second kappa shape index (κ2) is 8.33. The summed E-state index contributed by atoms with van der Waals surface area (Å²) in [6.07, 6.45) is 3.43. The number of imide groups is 1. The number of hydrogen-bond donors (Lipinski definition) is 2. The summed E-state index contributed by atoms with van der Waals surface area (Å²) in [6, 6.07) is 3.45. The SMILES string of the molecule is C/C=C1/C(=O)N(C(=O)NCc2ccc(N3CCNCC3)nc2)S/C1=N/C. The van der Waals surface area contributed by atoms with E-state index >= 15 is 0 Å². The van der Waals surface area contributed by atoms with Gasteiger partial charge >= 0.3 is 6.03 Å². The number of amides is 3. The van der Waals surface area contributed by atoms with E-state index in [-0.39, 0.29) is 5.91 Å². The molecule has 3 rings (SSSR count). The Kier molecular flexibility index (Phi) is 5.89. The van der Waals surface area contributed by atoms with Gasteiger partial charge in [0.15, 0.2) is 0 Å². The Balaban J connectivity index is 1.57. The average molecular weight is 374 g/mol. The van der Waals surface area contributed by atoms with Gasteiger partial charge in [-0.2, -0.15) is 4.31 Å². The van der Waals surface area contributed by atoms with Crippen LogP contribution in [0.3, 0.4) is 0 Å². The minimum Gasteiger partial charge on any atom is -0.354 e. The summed E-state index contributed by atoms with van der Waals surface area (Å²) in [5.41, 5.74) is 1.33. The monoisotopic (exact) mass is 374 g/mol. The quantitative estimate of drug-likeness (QED) is 0.610. The van der Waals surface area contributed by atoms with Crippen LogP contribution in [0.15, 0.2) is 35.0 Å². The Labute approximate surface area is 156 Å². The first kappa shape index (κ1) is 18.4. The minimum atomic E-state index is -0.454. The van der Waals surface area contributed by atoms with Gasteiger partial charge in [0.2, 0.25) is 0 Å². The second-order valence-corrected chi connectivity index (χ2v) is 6.78. The van der Waals surface area contributed by atoms with Gasteiger partial charge in [-0.05, 0) is 18.6 Å². The molecule has 2 N–H and O–H groups in total. The summed E-state index contributed by atoms with van der Waals surface area (Å²) in [5, 5.41) is 6.62. The van der Waals surface area contributed by atoms with Crippen LogP contribution in [-0.4, -0.2) is 59.5 Å². The van der Waals surface area contributed by atoms with E-state index in [0.717, 1.165) is 53.8 Å². The molecular weight excluding hydrogens is 352 g/mol. The van der Waals surface area contributed by atoms with Crippen LogP contribution in [-0.2, 0) is 11.3 Å². The summed E-state index contributed by atoms with van der Waals surface area (Å²) in [6.45, 7) is 5.85. The summed E-state index contributed by atoms with van der Waals surface area (Å²) in [7, 11) is 1.60. The summed E-state index contributed by atoms with van der Waals surface area (Å²) in [4.78, 5) is 35.3. The third-order valence-corrected chi connectivity index (χ3v) is 5.28. The van der Waals surface area contributed by atoms with Crippen LogP contribution in [0, 0.1) is 0 Å². The molecule has 8 nitrogen and oxygen atoms in total. The third-order valence-electron chi connectivity index (χ3n) is 4.19. The number of carbonyl (C=O) groups excluding carboxylic acids is 2. The van der Waals surface area contributed by atoms with Crippen LogP contribution in [0.4, 0.5) is 10.6 Å². The third kappa shape index (κ3) is 3.88. The second-order valence-electron chi connectivity index (χ2n) is 5.84. The van der Waals surface area contributed by atoms with E-state index in [2.05, 4.69) is 25.5 Å². The summed E-state index contributed by atoms with van der Waals surface area (Å²) >= 11 is 1.04. The fourth-order valence-corrected chi connectivity index (χ4v) is 3.66. The Morgan fingerprint density at radius 1 is 1.42 bits per heavy atom. The highest BCUT2D eigenvalue weighted by Crippen LogP contribution is 2.29. The molecule has 0 atom stereocenters. The lowest BCUT2D eigenvalue weighted by molar-refractivity contribution is -0.119. The minimum absolute atomic E-state index is 0.307. The van der Waals surface area contributed by atoms with Crippen molar-refractivity contribution in [1.29, 1.82) is 0 Å². The number of hydrogen-bond acceptors (Lipinski definition) is 7. The highest BCUT2D eigenvalue weighted by atomic mass is 32.2. The Hall–Kier alpha value is -2.39. The first-order valence-corrected chi connectivity index (χ1v) is 9.25. The van der Waals surface area contributed by atoms with Crippen LogP contribution in [0.2, 0.25) is 0 Å². The lowest BCUT2D eigenvalue weighted by Gasteiger charge is -2.28. The number of nitrogens with zero attached hydrogens (tertiary/aromatic N) is 4. The maximum absolute atomic E-state index is 12.3. The van der Waals surface area contributed by atoms with Gasteiger partial charge in [-0.1, -0.05) is 12.1 Å². The molecule has 0 spiro atoms. The fourth-order valence-electron chi connectivity index (χ4n) is 2.77. The van der Waals surface area contributed by atoms with Gasteiger partial charge in [0.05, 0.1) is 5.57 Å². The molecule has 1 aromatic heterocycles. The van der Waals surface area contributed by atoms with E-state index in [9.17, 15) is 9.59 Å². The van der Waals surface area contributed by atoms with Crippen molar-refractivity contribution in [3.63, 3.8) is 0 Å². The molecular formula is C17H22N6O2S. The molecule has 0 radical (unpaired) electrons.